The van der Waals surface area contributed by atoms with Crippen LogP contribution in [-0.2, 0) is 4.79 Å². The number of hydrazine groups is 1. The van der Waals surface area contributed by atoms with Crippen molar-refractivity contribution in [2.24, 2.45) is 0 Å². The molecule has 0 atom stereocenters. The summed E-state index contributed by atoms with van der Waals surface area (Å²) in [6.45, 7) is 2.98. The molecule has 1 aromatic rings. The lowest BCUT2D eigenvalue weighted by atomic mass is 10.4. The predicted octanol–water partition coefficient (Wildman–Crippen LogP) is -0.185. The van der Waals surface area contributed by atoms with Crippen LogP contribution in [0.5, 0.6) is 0 Å². The van der Waals surface area contributed by atoms with Gasteiger partial charge >= 0.3 is 0 Å². The van der Waals surface area contributed by atoms with Crippen LogP contribution in [0.4, 0.5) is 5.13 Å². The molecule has 4 N–H and O–H groups in total. The minimum absolute atomic E-state index is 0.329. The minimum atomic E-state index is -0.410. The van der Waals surface area contributed by atoms with E-state index in [0.717, 1.165) is 11.3 Å². The lowest BCUT2D eigenvalue weighted by Crippen LogP contribution is -2.40. The maximum absolute atomic E-state index is 11.4. The van der Waals surface area contributed by atoms with E-state index in [0.29, 0.717) is 15.7 Å². The van der Waals surface area contributed by atoms with Crippen molar-refractivity contribution in [2.45, 2.75) is 13.8 Å². The summed E-state index contributed by atoms with van der Waals surface area (Å²) in [6.07, 6.45) is 0. The highest BCUT2D eigenvalue weighted by atomic mass is 32.1. The second kappa shape index (κ2) is 4.05. The van der Waals surface area contributed by atoms with Crippen LogP contribution in [0.15, 0.2) is 0 Å². The summed E-state index contributed by atoms with van der Waals surface area (Å²) in [5.74, 6) is -0.750. The van der Waals surface area contributed by atoms with Crippen molar-refractivity contribution in [3.8, 4) is 0 Å². The van der Waals surface area contributed by atoms with Crippen LogP contribution in [-0.4, -0.2) is 16.8 Å². The number of aryl methyl sites for hydroxylation is 1. The first kappa shape index (κ1) is 10.5. The number of nitrogens with one attached hydrogen (secondary N) is 2. The molecule has 0 unspecified atom stereocenters. The van der Waals surface area contributed by atoms with Gasteiger partial charge in [0.1, 0.15) is 4.88 Å². The molecule has 0 fully saturated rings. The summed E-state index contributed by atoms with van der Waals surface area (Å²) in [4.78, 5) is 26.2. The van der Waals surface area contributed by atoms with Crippen LogP contribution in [0.2, 0.25) is 0 Å². The smallest absolute Gasteiger partial charge is 0.281 e. The molecule has 0 aliphatic heterocycles. The molecule has 0 bridgehead atoms. The molecule has 0 spiro atoms. The van der Waals surface area contributed by atoms with Gasteiger partial charge in [0.25, 0.3) is 5.91 Å². The van der Waals surface area contributed by atoms with Crippen molar-refractivity contribution < 1.29 is 9.59 Å². The molecule has 1 rings (SSSR count). The molecule has 0 saturated heterocycles. The summed E-state index contributed by atoms with van der Waals surface area (Å²) in [5.41, 5.74) is 10.4. The third-order valence-corrected chi connectivity index (χ3v) is 2.36. The van der Waals surface area contributed by atoms with Gasteiger partial charge in [-0.25, -0.2) is 4.98 Å². The van der Waals surface area contributed by atoms with Gasteiger partial charge in [-0.2, -0.15) is 0 Å². The van der Waals surface area contributed by atoms with Gasteiger partial charge < -0.3 is 5.73 Å². The maximum Gasteiger partial charge on any atom is 0.281 e. The number of hydrogen-bond acceptors (Lipinski definition) is 5. The quantitative estimate of drug-likeness (QED) is 0.565. The highest BCUT2D eigenvalue weighted by molar-refractivity contribution is 7.17. The van der Waals surface area contributed by atoms with E-state index in [1.807, 2.05) is 0 Å². The molecule has 1 aromatic heterocycles. The van der Waals surface area contributed by atoms with Crippen LogP contribution in [0, 0.1) is 6.92 Å². The lowest BCUT2D eigenvalue weighted by Gasteiger charge is -2.02. The van der Waals surface area contributed by atoms with Crippen molar-refractivity contribution >= 4 is 28.3 Å². The number of carbonyl (C=O) groups is 2. The fourth-order valence-corrected chi connectivity index (χ4v) is 1.56. The third-order valence-electron chi connectivity index (χ3n) is 1.37. The standard InChI is InChI=1S/C7H10N4O2S/c1-3-5(14-7(8)9-3)6(13)11-10-4(2)12/h1-2H3,(H2,8,9)(H,10,12)(H,11,13). The second-order valence-electron chi connectivity index (χ2n) is 2.60. The first-order valence-corrected chi connectivity index (χ1v) is 4.62. The number of hydrogen-bond donors (Lipinski definition) is 3. The maximum atomic E-state index is 11.4. The van der Waals surface area contributed by atoms with Crippen LogP contribution < -0.4 is 16.6 Å². The fourth-order valence-electron chi connectivity index (χ4n) is 0.830. The summed E-state index contributed by atoms with van der Waals surface area (Å²) < 4.78 is 0. The Labute approximate surface area is 84.5 Å². The molecule has 2 amide bonds. The number of nitrogen functional groups attached to an aromatic ring is 1. The van der Waals surface area contributed by atoms with Crippen LogP contribution in [0.25, 0.3) is 0 Å². The number of amides is 2. The van der Waals surface area contributed by atoms with Crippen molar-refractivity contribution in [3.05, 3.63) is 10.6 Å². The predicted molar refractivity (Wildman–Crippen MR) is 52.5 cm³/mol. The van der Waals surface area contributed by atoms with E-state index in [2.05, 4.69) is 15.8 Å². The molecule has 0 aromatic carbocycles. The number of anilines is 1. The molecule has 14 heavy (non-hydrogen) atoms. The first-order chi connectivity index (χ1) is 6.50. The van der Waals surface area contributed by atoms with Gasteiger partial charge in [0.05, 0.1) is 5.69 Å². The summed E-state index contributed by atoms with van der Waals surface area (Å²) in [7, 11) is 0. The zero-order valence-electron chi connectivity index (χ0n) is 7.75. The van der Waals surface area contributed by atoms with Gasteiger partial charge in [0.15, 0.2) is 5.13 Å². The van der Waals surface area contributed by atoms with Gasteiger partial charge in [-0.05, 0) is 6.92 Å². The van der Waals surface area contributed by atoms with Gasteiger partial charge in [-0.3, -0.25) is 20.4 Å². The molecule has 0 saturated carbocycles. The number of carbonyl (C=O) groups excluding carboxylic acids is 2. The molecular weight excluding hydrogens is 204 g/mol. The van der Waals surface area contributed by atoms with Crippen LogP contribution in [0.1, 0.15) is 22.3 Å². The van der Waals surface area contributed by atoms with E-state index in [9.17, 15) is 9.59 Å². The number of nitrogens with zero attached hydrogens (tertiary/aromatic N) is 1. The molecule has 7 heteroatoms. The zero-order valence-corrected chi connectivity index (χ0v) is 8.57. The largest absolute Gasteiger partial charge is 0.375 e. The van der Waals surface area contributed by atoms with Crippen molar-refractivity contribution in [1.82, 2.24) is 15.8 Å². The Hall–Kier alpha value is -1.63. The normalized spacial score (nSPS) is 9.57. The van der Waals surface area contributed by atoms with Crippen LogP contribution >= 0.6 is 11.3 Å². The first-order valence-electron chi connectivity index (χ1n) is 3.80. The van der Waals surface area contributed by atoms with Gasteiger partial charge in [0.2, 0.25) is 5.91 Å². The van der Waals surface area contributed by atoms with Gasteiger partial charge in [0, 0.05) is 6.92 Å². The second-order valence-corrected chi connectivity index (χ2v) is 3.63. The number of aromatic nitrogens is 1. The molecular formula is C7H10N4O2S. The van der Waals surface area contributed by atoms with Crippen LogP contribution in [0.3, 0.4) is 0 Å². The van der Waals surface area contributed by atoms with Gasteiger partial charge in [-0.15, -0.1) is 0 Å². The Bertz CT molecular complexity index is 374. The highest BCUT2D eigenvalue weighted by Gasteiger charge is 2.13. The SMILES string of the molecule is CC(=O)NNC(=O)c1sc(N)nc1C. The van der Waals surface area contributed by atoms with E-state index in [1.54, 1.807) is 6.92 Å². The number of nitrogens with two attached hydrogens (primary N) is 1. The summed E-state index contributed by atoms with van der Waals surface area (Å²) >= 11 is 1.08. The average Bonchev–Trinajstić information content (AvgIpc) is 2.41. The van der Waals surface area contributed by atoms with E-state index >= 15 is 0 Å². The molecule has 1 heterocycles. The number of thiazole rings is 1. The van der Waals surface area contributed by atoms with E-state index in [4.69, 9.17) is 5.73 Å². The van der Waals surface area contributed by atoms with E-state index in [-0.39, 0.29) is 5.91 Å². The Kier molecular flexibility index (Phi) is 3.03. The van der Waals surface area contributed by atoms with Crippen molar-refractivity contribution in [1.29, 1.82) is 0 Å². The lowest BCUT2D eigenvalue weighted by molar-refractivity contribution is -0.119. The molecule has 0 aliphatic carbocycles. The topological polar surface area (TPSA) is 97.1 Å². The summed E-state index contributed by atoms with van der Waals surface area (Å²) in [5, 5.41) is 0.329. The highest BCUT2D eigenvalue weighted by Crippen LogP contribution is 2.18. The zero-order chi connectivity index (χ0) is 10.7. The molecule has 6 nitrogen and oxygen atoms in total. The Morgan fingerprint density at radius 2 is 2.07 bits per heavy atom. The van der Waals surface area contributed by atoms with Crippen molar-refractivity contribution in [3.63, 3.8) is 0 Å². The van der Waals surface area contributed by atoms with Gasteiger partial charge in [-0.1, -0.05) is 11.3 Å². The number of rotatable bonds is 1. The fraction of sp³-hybridized carbons (Fsp3) is 0.286. The molecule has 0 aliphatic rings. The average molecular weight is 214 g/mol. The minimum Gasteiger partial charge on any atom is -0.375 e. The Morgan fingerprint density at radius 3 is 2.50 bits per heavy atom. The monoisotopic (exact) mass is 214 g/mol. The summed E-state index contributed by atoms with van der Waals surface area (Å²) in [6, 6.07) is 0. The van der Waals surface area contributed by atoms with E-state index in [1.165, 1.54) is 6.92 Å². The van der Waals surface area contributed by atoms with E-state index < -0.39 is 5.91 Å². The Morgan fingerprint density at radius 1 is 1.43 bits per heavy atom. The Balaban J connectivity index is 2.69. The molecule has 0 radical (unpaired) electrons. The third kappa shape index (κ3) is 2.43. The van der Waals surface area contributed by atoms with Crippen molar-refractivity contribution in [2.75, 3.05) is 5.73 Å². The molecule has 76 valence electrons.